The lowest BCUT2D eigenvalue weighted by molar-refractivity contribution is 0.146. The van der Waals surface area contributed by atoms with E-state index in [0.717, 1.165) is 49.3 Å². The summed E-state index contributed by atoms with van der Waals surface area (Å²) in [5, 5.41) is 0. The van der Waals surface area contributed by atoms with E-state index in [1.807, 2.05) is 49.1 Å². The van der Waals surface area contributed by atoms with Crippen LogP contribution < -0.4 is 4.74 Å². The number of hydrogen-bond donors (Lipinski definition) is 0. The molecule has 0 radical (unpaired) electrons. The van der Waals surface area contributed by atoms with Crippen molar-refractivity contribution in [3.05, 3.63) is 95.7 Å². The summed E-state index contributed by atoms with van der Waals surface area (Å²) in [4.78, 5) is 13.6. The van der Waals surface area contributed by atoms with E-state index in [4.69, 9.17) is 14.5 Å². The molecule has 5 heteroatoms. The molecular formula is C25H27N3O2. The van der Waals surface area contributed by atoms with Crippen LogP contribution in [0.25, 0.3) is 0 Å². The van der Waals surface area contributed by atoms with Crippen LogP contribution in [-0.2, 0) is 4.74 Å². The molecule has 1 aliphatic heterocycles. The number of nitrogens with zero attached hydrogens (tertiary/aromatic N) is 3. The first-order chi connectivity index (χ1) is 14.8. The molecule has 0 N–H and O–H groups in total. The van der Waals surface area contributed by atoms with Crippen LogP contribution in [0.2, 0.25) is 0 Å². The predicted octanol–water partition coefficient (Wildman–Crippen LogP) is 4.92. The first-order valence-corrected chi connectivity index (χ1v) is 10.4. The summed E-state index contributed by atoms with van der Waals surface area (Å²) in [6.07, 6.45) is 12.7. The molecule has 0 aromatic carbocycles. The van der Waals surface area contributed by atoms with Gasteiger partial charge in [0.05, 0.1) is 20.3 Å². The van der Waals surface area contributed by atoms with E-state index in [2.05, 4.69) is 34.2 Å². The van der Waals surface area contributed by atoms with Crippen molar-refractivity contribution >= 4 is 0 Å². The maximum absolute atomic E-state index is 5.67. The largest absolute Gasteiger partial charge is 0.481 e. The number of rotatable bonds is 7. The fourth-order valence-electron chi connectivity index (χ4n) is 4.14. The second-order valence-electron chi connectivity index (χ2n) is 7.48. The van der Waals surface area contributed by atoms with Crippen molar-refractivity contribution < 1.29 is 9.47 Å². The normalized spacial score (nSPS) is 15.3. The minimum atomic E-state index is 0.0806. The molecule has 1 aliphatic rings. The van der Waals surface area contributed by atoms with Gasteiger partial charge in [0, 0.05) is 48.4 Å². The van der Waals surface area contributed by atoms with Crippen LogP contribution in [0, 0.1) is 0 Å². The van der Waals surface area contributed by atoms with Crippen LogP contribution in [0.4, 0.5) is 0 Å². The number of hydrogen-bond acceptors (Lipinski definition) is 5. The Hall–Kier alpha value is -3.05. The van der Waals surface area contributed by atoms with E-state index >= 15 is 0 Å². The molecule has 5 nitrogen and oxygen atoms in total. The lowest BCUT2D eigenvalue weighted by Crippen LogP contribution is -2.16. The van der Waals surface area contributed by atoms with Gasteiger partial charge in [-0.05, 0) is 48.6 Å². The van der Waals surface area contributed by atoms with E-state index in [9.17, 15) is 0 Å². The third-order valence-corrected chi connectivity index (χ3v) is 5.57. The van der Waals surface area contributed by atoms with Gasteiger partial charge in [0.25, 0.3) is 0 Å². The molecule has 4 heterocycles. The van der Waals surface area contributed by atoms with Crippen molar-refractivity contribution in [3.8, 4) is 5.88 Å². The van der Waals surface area contributed by atoms with Crippen molar-refractivity contribution in [2.24, 2.45) is 0 Å². The predicted molar refractivity (Wildman–Crippen MR) is 117 cm³/mol. The highest BCUT2D eigenvalue weighted by atomic mass is 16.5. The van der Waals surface area contributed by atoms with Gasteiger partial charge in [0.15, 0.2) is 0 Å². The Morgan fingerprint density at radius 3 is 2.40 bits per heavy atom. The Bertz CT molecular complexity index is 921. The lowest BCUT2D eigenvalue weighted by atomic mass is 9.76. The molecule has 3 aromatic rings. The minimum absolute atomic E-state index is 0.0806. The molecule has 0 aliphatic carbocycles. The molecule has 154 valence electrons. The molecule has 0 bridgehead atoms. The zero-order valence-electron chi connectivity index (χ0n) is 17.3. The van der Waals surface area contributed by atoms with Crippen LogP contribution in [0.15, 0.2) is 78.9 Å². The summed E-state index contributed by atoms with van der Waals surface area (Å²) >= 11 is 0. The zero-order valence-corrected chi connectivity index (χ0v) is 17.3. The number of pyridine rings is 3. The van der Waals surface area contributed by atoms with Gasteiger partial charge >= 0.3 is 0 Å². The molecule has 0 amide bonds. The van der Waals surface area contributed by atoms with Crippen LogP contribution in [0.1, 0.15) is 47.9 Å². The van der Waals surface area contributed by atoms with Gasteiger partial charge in [-0.1, -0.05) is 29.8 Å². The van der Waals surface area contributed by atoms with Crippen molar-refractivity contribution in [1.82, 2.24) is 15.0 Å². The van der Waals surface area contributed by atoms with Gasteiger partial charge in [-0.25, -0.2) is 4.98 Å². The van der Waals surface area contributed by atoms with Crippen molar-refractivity contribution in [2.45, 2.75) is 31.1 Å². The standard InChI is InChI=1S/C25H27N3O2/c1-29-24-10-2-9-23(28-24)22(16-19-6-5-14-30-15-11-19)25(20-7-3-12-26-17-20)21-8-4-13-27-18-21/h2-4,6-10,12-13,17-18,22,25H,5,11,14-16H2,1H3. The van der Waals surface area contributed by atoms with E-state index in [1.54, 1.807) is 7.11 Å². The zero-order chi connectivity index (χ0) is 20.6. The molecule has 0 saturated carbocycles. The van der Waals surface area contributed by atoms with E-state index < -0.39 is 0 Å². The average Bonchev–Trinajstić information content (AvgIpc) is 3.09. The van der Waals surface area contributed by atoms with Crippen LogP contribution in [-0.4, -0.2) is 35.3 Å². The fraction of sp³-hybridized carbons (Fsp3) is 0.320. The number of methoxy groups -OCH3 is 1. The molecule has 0 fully saturated rings. The number of ether oxygens (including phenoxy) is 2. The first kappa shape index (κ1) is 20.2. The second kappa shape index (κ2) is 10.1. The third-order valence-electron chi connectivity index (χ3n) is 5.57. The smallest absolute Gasteiger partial charge is 0.213 e. The van der Waals surface area contributed by atoms with Gasteiger partial charge in [-0.15, -0.1) is 0 Å². The Labute approximate surface area is 177 Å². The second-order valence-corrected chi connectivity index (χ2v) is 7.48. The van der Waals surface area contributed by atoms with E-state index in [-0.39, 0.29) is 11.8 Å². The molecule has 0 spiro atoms. The molecule has 0 saturated heterocycles. The molecule has 4 rings (SSSR count). The lowest BCUT2D eigenvalue weighted by Gasteiger charge is -2.28. The monoisotopic (exact) mass is 401 g/mol. The molecule has 1 unspecified atom stereocenters. The molecule has 30 heavy (non-hydrogen) atoms. The Morgan fingerprint density at radius 1 is 0.967 bits per heavy atom. The van der Waals surface area contributed by atoms with Crippen LogP contribution in [0.3, 0.4) is 0 Å². The highest BCUT2D eigenvalue weighted by molar-refractivity contribution is 5.36. The third kappa shape index (κ3) is 4.92. The Morgan fingerprint density at radius 2 is 1.73 bits per heavy atom. The summed E-state index contributed by atoms with van der Waals surface area (Å²) in [5.41, 5.74) is 4.74. The van der Waals surface area contributed by atoms with Gasteiger partial charge < -0.3 is 9.47 Å². The summed E-state index contributed by atoms with van der Waals surface area (Å²) in [6.45, 7) is 1.56. The van der Waals surface area contributed by atoms with Crippen molar-refractivity contribution in [2.75, 3.05) is 20.3 Å². The quantitative estimate of drug-likeness (QED) is 0.526. The SMILES string of the molecule is COc1cccc(C(CC2=CCCOCC2)C(c2cccnc2)c2cccnc2)n1. The van der Waals surface area contributed by atoms with E-state index in [1.165, 1.54) is 5.57 Å². The van der Waals surface area contributed by atoms with Crippen molar-refractivity contribution in [3.63, 3.8) is 0 Å². The first-order valence-electron chi connectivity index (χ1n) is 10.4. The topological polar surface area (TPSA) is 57.1 Å². The maximum atomic E-state index is 5.67. The Kier molecular flexibility index (Phi) is 6.83. The molecule has 3 aromatic heterocycles. The van der Waals surface area contributed by atoms with Crippen molar-refractivity contribution in [1.29, 1.82) is 0 Å². The van der Waals surface area contributed by atoms with Gasteiger partial charge in [-0.2, -0.15) is 0 Å². The summed E-state index contributed by atoms with van der Waals surface area (Å²) < 4.78 is 11.1. The van der Waals surface area contributed by atoms with Gasteiger partial charge in [-0.3, -0.25) is 9.97 Å². The van der Waals surface area contributed by atoms with Crippen LogP contribution >= 0.6 is 0 Å². The van der Waals surface area contributed by atoms with Crippen LogP contribution in [0.5, 0.6) is 5.88 Å². The number of aromatic nitrogens is 3. The average molecular weight is 402 g/mol. The van der Waals surface area contributed by atoms with E-state index in [0.29, 0.717) is 5.88 Å². The maximum Gasteiger partial charge on any atom is 0.213 e. The van der Waals surface area contributed by atoms with Gasteiger partial charge in [0.2, 0.25) is 5.88 Å². The highest BCUT2D eigenvalue weighted by Crippen LogP contribution is 2.42. The van der Waals surface area contributed by atoms with Gasteiger partial charge in [0.1, 0.15) is 0 Å². The highest BCUT2D eigenvalue weighted by Gasteiger charge is 2.29. The summed E-state index contributed by atoms with van der Waals surface area (Å²) in [6, 6.07) is 14.3. The molecular weight excluding hydrogens is 374 g/mol. The summed E-state index contributed by atoms with van der Waals surface area (Å²) in [5.74, 6) is 0.835. The Balaban J connectivity index is 1.81. The fourth-order valence-corrected chi connectivity index (χ4v) is 4.14. The minimum Gasteiger partial charge on any atom is -0.481 e. The summed E-state index contributed by atoms with van der Waals surface area (Å²) in [7, 11) is 1.66. The molecule has 1 atom stereocenters.